The van der Waals surface area contributed by atoms with E-state index in [9.17, 15) is 4.79 Å². The fourth-order valence-corrected chi connectivity index (χ4v) is 2.55. The molecule has 0 radical (unpaired) electrons. The zero-order chi connectivity index (χ0) is 11.5. The van der Waals surface area contributed by atoms with Crippen LogP contribution in [0.5, 0.6) is 0 Å². The lowest BCUT2D eigenvalue weighted by Crippen LogP contribution is -2.23. The average molecular weight is 221 g/mol. The standard InChI is InChI=1S/C12H19N3O/c1-3-9-4-6-10(7-5-9)12(16)11-8-13-14-15(11)2/h8-10H,3-7H2,1-2H3. The lowest BCUT2D eigenvalue weighted by atomic mass is 9.78. The van der Waals surface area contributed by atoms with Crippen LogP contribution in [0, 0.1) is 11.8 Å². The first-order chi connectivity index (χ1) is 7.72. The van der Waals surface area contributed by atoms with Crippen molar-refractivity contribution in [2.45, 2.75) is 39.0 Å². The number of aryl methyl sites for hydroxylation is 1. The maximum Gasteiger partial charge on any atom is 0.185 e. The number of ketones is 1. The summed E-state index contributed by atoms with van der Waals surface area (Å²) in [5.74, 6) is 1.25. The van der Waals surface area contributed by atoms with Gasteiger partial charge in [-0.3, -0.25) is 4.79 Å². The summed E-state index contributed by atoms with van der Waals surface area (Å²) in [7, 11) is 1.78. The summed E-state index contributed by atoms with van der Waals surface area (Å²) in [6, 6.07) is 0. The van der Waals surface area contributed by atoms with Crippen molar-refractivity contribution in [2.24, 2.45) is 18.9 Å². The normalized spacial score (nSPS) is 25.6. The number of Topliss-reactive ketones (excluding diaryl/α,β-unsaturated/α-hetero) is 1. The van der Waals surface area contributed by atoms with Gasteiger partial charge >= 0.3 is 0 Å². The molecule has 0 unspecified atom stereocenters. The maximum atomic E-state index is 12.2. The first kappa shape index (κ1) is 11.3. The molecule has 2 rings (SSSR count). The van der Waals surface area contributed by atoms with Gasteiger partial charge in [-0.15, -0.1) is 5.10 Å². The van der Waals surface area contributed by atoms with Gasteiger partial charge in [-0.2, -0.15) is 0 Å². The number of carbonyl (C=O) groups is 1. The topological polar surface area (TPSA) is 47.8 Å². The van der Waals surface area contributed by atoms with Crippen molar-refractivity contribution in [1.29, 1.82) is 0 Å². The van der Waals surface area contributed by atoms with E-state index in [1.165, 1.54) is 19.3 Å². The number of hydrogen-bond donors (Lipinski definition) is 0. The Hall–Kier alpha value is -1.19. The van der Waals surface area contributed by atoms with Crippen LogP contribution in [-0.2, 0) is 7.05 Å². The first-order valence-corrected chi connectivity index (χ1v) is 6.11. The van der Waals surface area contributed by atoms with Gasteiger partial charge in [-0.05, 0) is 31.6 Å². The van der Waals surface area contributed by atoms with E-state index in [0.29, 0.717) is 5.69 Å². The molecule has 0 amide bonds. The Kier molecular flexibility index (Phi) is 3.36. The van der Waals surface area contributed by atoms with Crippen molar-refractivity contribution in [3.63, 3.8) is 0 Å². The number of nitrogens with zero attached hydrogens (tertiary/aromatic N) is 3. The van der Waals surface area contributed by atoms with Crippen LogP contribution in [-0.4, -0.2) is 20.8 Å². The monoisotopic (exact) mass is 221 g/mol. The minimum atomic E-state index is 0.194. The van der Waals surface area contributed by atoms with Gasteiger partial charge in [0, 0.05) is 13.0 Å². The molecule has 0 bridgehead atoms. The molecule has 1 aliphatic rings. The van der Waals surface area contributed by atoms with Crippen LogP contribution in [0.3, 0.4) is 0 Å². The number of hydrogen-bond acceptors (Lipinski definition) is 3. The van der Waals surface area contributed by atoms with Crippen LogP contribution < -0.4 is 0 Å². The largest absolute Gasteiger partial charge is 0.292 e. The third kappa shape index (κ3) is 2.15. The Labute approximate surface area is 96.0 Å². The van der Waals surface area contributed by atoms with Crippen molar-refractivity contribution in [3.8, 4) is 0 Å². The smallest absolute Gasteiger partial charge is 0.185 e. The predicted octanol–water partition coefficient (Wildman–Crippen LogP) is 2.21. The summed E-state index contributed by atoms with van der Waals surface area (Å²) < 4.78 is 1.58. The molecule has 0 atom stereocenters. The predicted molar refractivity (Wildman–Crippen MR) is 61.1 cm³/mol. The second-order valence-electron chi connectivity index (χ2n) is 4.73. The minimum absolute atomic E-state index is 0.194. The van der Waals surface area contributed by atoms with Gasteiger partial charge in [0.15, 0.2) is 5.78 Å². The summed E-state index contributed by atoms with van der Waals surface area (Å²) in [5.41, 5.74) is 0.653. The molecule has 88 valence electrons. The molecule has 4 nitrogen and oxygen atoms in total. The maximum absolute atomic E-state index is 12.2. The van der Waals surface area contributed by atoms with Gasteiger partial charge in [0.25, 0.3) is 0 Å². The highest BCUT2D eigenvalue weighted by molar-refractivity contribution is 5.96. The Bertz CT molecular complexity index is 364. The zero-order valence-corrected chi connectivity index (χ0v) is 10.0. The fraction of sp³-hybridized carbons (Fsp3) is 0.750. The average Bonchev–Trinajstić information content (AvgIpc) is 2.75. The highest BCUT2D eigenvalue weighted by Gasteiger charge is 2.27. The third-order valence-corrected chi connectivity index (χ3v) is 3.76. The van der Waals surface area contributed by atoms with E-state index in [1.54, 1.807) is 17.9 Å². The van der Waals surface area contributed by atoms with Crippen molar-refractivity contribution >= 4 is 5.78 Å². The SMILES string of the molecule is CCC1CCC(C(=O)c2cnnn2C)CC1. The Morgan fingerprint density at radius 2 is 2.12 bits per heavy atom. The second kappa shape index (κ2) is 4.76. The summed E-state index contributed by atoms with van der Waals surface area (Å²) in [6.07, 6.45) is 7.27. The van der Waals surface area contributed by atoms with Crippen molar-refractivity contribution in [3.05, 3.63) is 11.9 Å². The van der Waals surface area contributed by atoms with E-state index < -0.39 is 0 Å². The third-order valence-electron chi connectivity index (χ3n) is 3.76. The van der Waals surface area contributed by atoms with Crippen LogP contribution in [0.1, 0.15) is 49.5 Å². The fourth-order valence-electron chi connectivity index (χ4n) is 2.55. The Balaban J connectivity index is 2.00. The summed E-state index contributed by atoms with van der Waals surface area (Å²) in [5, 5.41) is 7.57. The molecule has 0 N–H and O–H groups in total. The van der Waals surface area contributed by atoms with Gasteiger partial charge in [0.2, 0.25) is 0 Å². The van der Waals surface area contributed by atoms with Gasteiger partial charge in [-0.25, -0.2) is 4.68 Å². The van der Waals surface area contributed by atoms with Crippen molar-refractivity contribution < 1.29 is 4.79 Å². The molecular formula is C12H19N3O. The quantitative estimate of drug-likeness (QED) is 0.735. The van der Waals surface area contributed by atoms with Gasteiger partial charge in [-0.1, -0.05) is 18.6 Å². The molecule has 1 aromatic heterocycles. The summed E-state index contributed by atoms with van der Waals surface area (Å²) >= 11 is 0. The summed E-state index contributed by atoms with van der Waals surface area (Å²) in [4.78, 5) is 12.2. The van der Waals surface area contributed by atoms with Gasteiger partial charge in [0.1, 0.15) is 5.69 Å². The number of carbonyl (C=O) groups excluding carboxylic acids is 1. The molecule has 1 aliphatic carbocycles. The van der Waals surface area contributed by atoms with Crippen molar-refractivity contribution in [1.82, 2.24) is 15.0 Å². The van der Waals surface area contributed by atoms with Crippen LogP contribution >= 0.6 is 0 Å². The Morgan fingerprint density at radius 3 is 2.62 bits per heavy atom. The van der Waals surface area contributed by atoms with Crippen LogP contribution in [0.25, 0.3) is 0 Å². The van der Waals surface area contributed by atoms with E-state index in [4.69, 9.17) is 0 Å². The zero-order valence-electron chi connectivity index (χ0n) is 10.0. The molecular weight excluding hydrogens is 202 g/mol. The van der Waals surface area contributed by atoms with Crippen molar-refractivity contribution in [2.75, 3.05) is 0 Å². The summed E-state index contributed by atoms with van der Waals surface area (Å²) in [6.45, 7) is 2.23. The molecule has 1 aromatic rings. The first-order valence-electron chi connectivity index (χ1n) is 6.11. The lowest BCUT2D eigenvalue weighted by molar-refractivity contribution is 0.0861. The highest BCUT2D eigenvalue weighted by Crippen LogP contribution is 2.32. The van der Waals surface area contributed by atoms with E-state index in [0.717, 1.165) is 18.8 Å². The van der Waals surface area contributed by atoms with Gasteiger partial charge < -0.3 is 0 Å². The molecule has 4 heteroatoms. The minimum Gasteiger partial charge on any atom is -0.292 e. The molecule has 0 aliphatic heterocycles. The molecule has 1 saturated carbocycles. The van der Waals surface area contributed by atoms with E-state index in [1.807, 2.05) is 0 Å². The van der Waals surface area contributed by atoms with E-state index >= 15 is 0 Å². The highest BCUT2D eigenvalue weighted by atomic mass is 16.1. The van der Waals surface area contributed by atoms with E-state index in [-0.39, 0.29) is 11.7 Å². The molecule has 16 heavy (non-hydrogen) atoms. The second-order valence-corrected chi connectivity index (χ2v) is 4.73. The lowest BCUT2D eigenvalue weighted by Gasteiger charge is -2.26. The number of aromatic nitrogens is 3. The van der Waals surface area contributed by atoms with E-state index in [2.05, 4.69) is 17.2 Å². The molecule has 1 heterocycles. The Morgan fingerprint density at radius 1 is 1.44 bits per heavy atom. The molecule has 1 fully saturated rings. The van der Waals surface area contributed by atoms with Crippen LogP contribution in [0.4, 0.5) is 0 Å². The molecule has 0 spiro atoms. The van der Waals surface area contributed by atoms with Gasteiger partial charge in [0.05, 0.1) is 6.20 Å². The van der Waals surface area contributed by atoms with Crippen LogP contribution in [0.2, 0.25) is 0 Å². The number of rotatable bonds is 3. The van der Waals surface area contributed by atoms with Crippen LogP contribution in [0.15, 0.2) is 6.20 Å². The molecule has 0 aromatic carbocycles. The molecule has 0 saturated heterocycles.